The third-order valence-corrected chi connectivity index (χ3v) is 4.90. The summed E-state index contributed by atoms with van der Waals surface area (Å²) in [5.74, 6) is 1.16. The predicted octanol–water partition coefficient (Wildman–Crippen LogP) is 2.67. The molecule has 1 N–H and O–H groups in total. The van der Waals surface area contributed by atoms with Gasteiger partial charge in [-0.25, -0.2) is 0 Å². The summed E-state index contributed by atoms with van der Waals surface area (Å²) in [6.07, 6.45) is 0. The van der Waals surface area contributed by atoms with E-state index >= 15 is 0 Å². The average Bonchev–Trinajstić information content (AvgIpc) is 2.92. The van der Waals surface area contributed by atoms with Crippen LogP contribution in [0.5, 0.6) is 0 Å². The quantitative estimate of drug-likeness (QED) is 0.864. The Kier molecular flexibility index (Phi) is 3.46. The van der Waals surface area contributed by atoms with Crippen molar-refractivity contribution in [1.82, 2.24) is 10.2 Å². The van der Waals surface area contributed by atoms with Crippen LogP contribution in [0.1, 0.15) is 17.3 Å². The third kappa shape index (κ3) is 2.24. The van der Waals surface area contributed by atoms with Crippen molar-refractivity contribution in [2.45, 2.75) is 13.0 Å². The van der Waals surface area contributed by atoms with E-state index in [4.69, 9.17) is 23.2 Å². The highest BCUT2D eigenvalue weighted by molar-refractivity contribution is 6.36. The van der Waals surface area contributed by atoms with Crippen LogP contribution < -0.4 is 5.32 Å². The first-order valence-electron chi connectivity index (χ1n) is 6.54. The number of hydrogen-bond donors (Lipinski definition) is 1. The monoisotopic (exact) mass is 298 g/mol. The maximum atomic E-state index is 12.6. The molecule has 2 heterocycles. The molecule has 2 fully saturated rings. The van der Waals surface area contributed by atoms with Gasteiger partial charge in [-0.05, 0) is 37.0 Å². The second-order valence-electron chi connectivity index (χ2n) is 5.40. The molecule has 0 saturated carbocycles. The van der Waals surface area contributed by atoms with Crippen LogP contribution in [0.3, 0.4) is 0 Å². The standard InChI is InChI=1S/C14H16Cl2N2O/c1-8-12-6-17-5-9(12)7-18(8)14(19)11-3-2-10(15)4-13(11)16/h2-4,8-9,12,17H,5-7H2,1H3. The number of fused-ring (bicyclic) bond motifs is 1. The topological polar surface area (TPSA) is 32.3 Å². The van der Waals surface area contributed by atoms with E-state index in [-0.39, 0.29) is 11.9 Å². The van der Waals surface area contributed by atoms with Crippen molar-refractivity contribution in [2.75, 3.05) is 19.6 Å². The van der Waals surface area contributed by atoms with Gasteiger partial charge in [0.1, 0.15) is 0 Å². The minimum atomic E-state index is 0.0172. The summed E-state index contributed by atoms with van der Waals surface area (Å²) in [5.41, 5.74) is 0.547. The normalized spacial score (nSPS) is 29.6. The molecule has 3 rings (SSSR count). The fourth-order valence-corrected chi connectivity index (χ4v) is 3.74. The van der Waals surface area contributed by atoms with E-state index in [0.29, 0.717) is 27.4 Å². The second kappa shape index (κ2) is 4.97. The summed E-state index contributed by atoms with van der Waals surface area (Å²) in [7, 11) is 0. The molecule has 0 aliphatic carbocycles. The SMILES string of the molecule is CC1C2CNCC2CN1C(=O)c1ccc(Cl)cc1Cl. The van der Waals surface area contributed by atoms with Crippen molar-refractivity contribution in [1.29, 1.82) is 0 Å². The molecule has 2 aliphatic rings. The Hall–Kier alpha value is -0.770. The molecule has 0 aromatic heterocycles. The average molecular weight is 299 g/mol. The zero-order valence-corrected chi connectivity index (χ0v) is 12.2. The lowest BCUT2D eigenvalue weighted by Crippen LogP contribution is -2.38. The van der Waals surface area contributed by atoms with Crippen LogP contribution in [-0.2, 0) is 0 Å². The molecule has 0 spiro atoms. The van der Waals surface area contributed by atoms with Crippen LogP contribution in [0.4, 0.5) is 0 Å². The number of likely N-dealkylation sites (tertiary alicyclic amines) is 1. The number of carbonyl (C=O) groups excluding carboxylic acids is 1. The smallest absolute Gasteiger partial charge is 0.255 e. The van der Waals surface area contributed by atoms with Crippen LogP contribution in [0.25, 0.3) is 0 Å². The number of hydrogen-bond acceptors (Lipinski definition) is 2. The number of benzene rings is 1. The van der Waals surface area contributed by atoms with Crippen molar-refractivity contribution in [3.63, 3.8) is 0 Å². The molecule has 5 heteroatoms. The minimum Gasteiger partial charge on any atom is -0.335 e. The number of nitrogens with one attached hydrogen (secondary N) is 1. The van der Waals surface area contributed by atoms with Crippen LogP contribution in [0.2, 0.25) is 10.0 Å². The molecule has 3 unspecified atom stereocenters. The molecule has 0 radical (unpaired) electrons. The fraction of sp³-hybridized carbons (Fsp3) is 0.500. The van der Waals surface area contributed by atoms with E-state index in [1.165, 1.54) is 0 Å². The van der Waals surface area contributed by atoms with Gasteiger partial charge in [0, 0.05) is 30.7 Å². The van der Waals surface area contributed by atoms with E-state index < -0.39 is 0 Å². The lowest BCUT2D eigenvalue weighted by Gasteiger charge is -2.25. The number of carbonyl (C=O) groups is 1. The summed E-state index contributed by atoms with van der Waals surface area (Å²) in [4.78, 5) is 14.5. The number of rotatable bonds is 1. The molecule has 3 atom stereocenters. The molecule has 3 nitrogen and oxygen atoms in total. The zero-order chi connectivity index (χ0) is 13.6. The largest absolute Gasteiger partial charge is 0.335 e. The van der Waals surface area contributed by atoms with Crippen molar-refractivity contribution >= 4 is 29.1 Å². The molecule has 1 aromatic rings. The third-order valence-electron chi connectivity index (χ3n) is 4.36. The number of amides is 1. The van der Waals surface area contributed by atoms with Crippen LogP contribution in [-0.4, -0.2) is 36.5 Å². The molecule has 2 aliphatic heterocycles. The van der Waals surface area contributed by atoms with Crippen LogP contribution in [0.15, 0.2) is 18.2 Å². The Labute approximate surface area is 122 Å². The zero-order valence-electron chi connectivity index (χ0n) is 10.7. The first-order chi connectivity index (χ1) is 9.08. The van der Waals surface area contributed by atoms with E-state index in [0.717, 1.165) is 19.6 Å². The van der Waals surface area contributed by atoms with Crippen molar-refractivity contribution in [3.8, 4) is 0 Å². The van der Waals surface area contributed by atoms with Gasteiger partial charge in [0.25, 0.3) is 5.91 Å². The summed E-state index contributed by atoms with van der Waals surface area (Å²) >= 11 is 12.0. The van der Waals surface area contributed by atoms with Gasteiger partial charge in [0.15, 0.2) is 0 Å². The Bertz CT molecular complexity index is 520. The van der Waals surface area contributed by atoms with Gasteiger partial charge in [0.2, 0.25) is 0 Å². The fourth-order valence-electron chi connectivity index (χ4n) is 3.25. The maximum Gasteiger partial charge on any atom is 0.255 e. The molecule has 102 valence electrons. The van der Waals surface area contributed by atoms with Gasteiger partial charge >= 0.3 is 0 Å². The van der Waals surface area contributed by atoms with E-state index in [1.54, 1.807) is 18.2 Å². The van der Waals surface area contributed by atoms with E-state index in [9.17, 15) is 4.79 Å². The summed E-state index contributed by atoms with van der Waals surface area (Å²) < 4.78 is 0. The van der Waals surface area contributed by atoms with Gasteiger partial charge in [-0.2, -0.15) is 0 Å². The minimum absolute atomic E-state index is 0.0172. The van der Waals surface area contributed by atoms with Gasteiger partial charge < -0.3 is 10.2 Å². The lowest BCUT2D eigenvalue weighted by molar-refractivity contribution is 0.0728. The van der Waals surface area contributed by atoms with Crippen molar-refractivity contribution in [3.05, 3.63) is 33.8 Å². The van der Waals surface area contributed by atoms with Crippen LogP contribution in [0, 0.1) is 11.8 Å². The Balaban J connectivity index is 1.84. The number of nitrogens with zero attached hydrogens (tertiary/aromatic N) is 1. The molecule has 19 heavy (non-hydrogen) atoms. The first-order valence-corrected chi connectivity index (χ1v) is 7.30. The highest BCUT2D eigenvalue weighted by atomic mass is 35.5. The molecular weight excluding hydrogens is 283 g/mol. The van der Waals surface area contributed by atoms with Crippen LogP contribution >= 0.6 is 23.2 Å². The summed E-state index contributed by atoms with van der Waals surface area (Å²) in [6.45, 7) is 4.95. The van der Waals surface area contributed by atoms with E-state index in [2.05, 4.69) is 12.2 Å². The van der Waals surface area contributed by atoms with Gasteiger partial charge in [0.05, 0.1) is 10.6 Å². The predicted molar refractivity (Wildman–Crippen MR) is 76.8 cm³/mol. The summed E-state index contributed by atoms with van der Waals surface area (Å²) in [5, 5.41) is 4.37. The Morgan fingerprint density at radius 1 is 1.37 bits per heavy atom. The van der Waals surface area contributed by atoms with Gasteiger partial charge in [-0.15, -0.1) is 0 Å². The highest BCUT2D eigenvalue weighted by Crippen LogP contribution is 2.34. The van der Waals surface area contributed by atoms with Crippen molar-refractivity contribution in [2.24, 2.45) is 11.8 Å². The van der Waals surface area contributed by atoms with Crippen molar-refractivity contribution < 1.29 is 4.79 Å². The molecule has 2 saturated heterocycles. The van der Waals surface area contributed by atoms with Gasteiger partial charge in [-0.1, -0.05) is 23.2 Å². The highest BCUT2D eigenvalue weighted by Gasteiger charge is 2.44. The lowest BCUT2D eigenvalue weighted by atomic mass is 9.95. The number of halogens is 2. The summed E-state index contributed by atoms with van der Waals surface area (Å²) in [6, 6.07) is 5.31. The van der Waals surface area contributed by atoms with Gasteiger partial charge in [-0.3, -0.25) is 4.79 Å². The maximum absolute atomic E-state index is 12.6. The molecule has 1 aromatic carbocycles. The van der Waals surface area contributed by atoms with E-state index in [1.807, 2.05) is 4.90 Å². The Morgan fingerprint density at radius 2 is 2.16 bits per heavy atom. The molecule has 1 amide bonds. The molecule has 0 bridgehead atoms. The molecular formula is C14H16Cl2N2O. The second-order valence-corrected chi connectivity index (χ2v) is 6.25. The first kappa shape index (κ1) is 13.2. The Morgan fingerprint density at radius 3 is 2.84 bits per heavy atom.